The Morgan fingerprint density at radius 3 is 2.04 bits per heavy atom. The molecule has 0 fully saturated rings. The minimum absolute atomic E-state index is 0.00281. The molecule has 8 heteroatoms. The SMILES string of the molecule is Cc1ccc(S(C)(=O)=O)cc1S(=O)(=O)N(CCN(C)C)c1ccccc1. The molecule has 2 aromatic rings. The lowest BCUT2D eigenvalue weighted by Gasteiger charge is -2.26. The molecule has 0 amide bonds. The number of sulfone groups is 1. The summed E-state index contributed by atoms with van der Waals surface area (Å²) in [6.07, 6.45) is 1.06. The number of anilines is 1. The van der Waals surface area contributed by atoms with Gasteiger partial charge in [-0.25, -0.2) is 16.8 Å². The fraction of sp³-hybridized carbons (Fsp3) is 0.333. The van der Waals surface area contributed by atoms with Crippen LogP contribution in [0.4, 0.5) is 5.69 Å². The molecule has 0 N–H and O–H groups in total. The van der Waals surface area contributed by atoms with Gasteiger partial charge in [0, 0.05) is 19.3 Å². The smallest absolute Gasteiger partial charge is 0.264 e. The van der Waals surface area contributed by atoms with Crippen LogP contribution in [0.1, 0.15) is 5.56 Å². The normalized spacial score (nSPS) is 12.3. The van der Waals surface area contributed by atoms with Gasteiger partial charge in [0.1, 0.15) is 0 Å². The Morgan fingerprint density at radius 1 is 0.885 bits per heavy atom. The molecule has 2 rings (SSSR count). The first-order valence-electron chi connectivity index (χ1n) is 8.06. The molecule has 0 spiro atoms. The first kappa shape index (κ1) is 20.4. The molecule has 0 aliphatic rings. The van der Waals surface area contributed by atoms with Crippen LogP contribution in [0.25, 0.3) is 0 Å². The molecule has 26 heavy (non-hydrogen) atoms. The monoisotopic (exact) mass is 396 g/mol. The van der Waals surface area contributed by atoms with Crippen LogP contribution < -0.4 is 4.31 Å². The second-order valence-electron chi connectivity index (χ2n) is 6.42. The van der Waals surface area contributed by atoms with E-state index < -0.39 is 19.9 Å². The second-order valence-corrected chi connectivity index (χ2v) is 10.3. The molecular weight excluding hydrogens is 372 g/mol. The standard InChI is InChI=1S/C18H24N2O4S2/c1-15-10-11-17(25(4,21)22)14-18(15)26(23,24)20(13-12-19(2)3)16-8-6-5-7-9-16/h5-11,14H,12-13H2,1-4H3. The summed E-state index contributed by atoms with van der Waals surface area (Å²) >= 11 is 0. The van der Waals surface area contributed by atoms with Crippen LogP contribution in [-0.4, -0.2) is 55.2 Å². The minimum atomic E-state index is -3.92. The average Bonchev–Trinajstić information content (AvgIpc) is 2.54. The number of rotatable bonds is 7. The topological polar surface area (TPSA) is 74.8 Å². The van der Waals surface area contributed by atoms with Crippen LogP contribution in [0.15, 0.2) is 58.3 Å². The number of benzene rings is 2. The van der Waals surface area contributed by atoms with Crippen molar-refractivity contribution >= 4 is 25.5 Å². The summed E-state index contributed by atoms with van der Waals surface area (Å²) < 4.78 is 51.8. The van der Waals surface area contributed by atoms with Crippen LogP contribution in [0.5, 0.6) is 0 Å². The van der Waals surface area contributed by atoms with E-state index in [1.165, 1.54) is 22.5 Å². The Balaban J connectivity index is 2.60. The highest BCUT2D eigenvalue weighted by Crippen LogP contribution is 2.27. The van der Waals surface area contributed by atoms with Crippen LogP contribution in [0, 0.1) is 6.92 Å². The molecule has 0 bridgehead atoms. The van der Waals surface area contributed by atoms with Crippen molar-refractivity contribution in [1.82, 2.24) is 4.90 Å². The molecule has 0 saturated heterocycles. The van der Waals surface area contributed by atoms with E-state index in [0.717, 1.165) is 6.26 Å². The predicted molar refractivity (Wildman–Crippen MR) is 104 cm³/mol. The van der Waals surface area contributed by atoms with Crippen molar-refractivity contribution in [2.45, 2.75) is 16.7 Å². The predicted octanol–water partition coefficient (Wildman–Crippen LogP) is 2.16. The third-order valence-electron chi connectivity index (χ3n) is 3.95. The maximum atomic E-state index is 13.4. The molecule has 0 radical (unpaired) electrons. The quantitative estimate of drug-likeness (QED) is 0.717. The Hall–Kier alpha value is -1.90. The average molecular weight is 397 g/mol. The van der Waals surface area contributed by atoms with Crippen LogP contribution >= 0.6 is 0 Å². The van der Waals surface area contributed by atoms with Crippen molar-refractivity contribution in [3.63, 3.8) is 0 Å². The van der Waals surface area contributed by atoms with E-state index in [9.17, 15) is 16.8 Å². The van der Waals surface area contributed by atoms with Crippen LogP contribution in [0.3, 0.4) is 0 Å². The zero-order valence-corrected chi connectivity index (χ0v) is 17.0. The van der Waals surface area contributed by atoms with Crippen molar-refractivity contribution < 1.29 is 16.8 Å². The Morgan fingerprint density at radius 2 is 1.50 bits per heavy atom. The van der Waals surface area contributed by atoms with Gasteiger partial charge < -0.3 is 4.90 Å². The first-order chi connectivity index (χ1) is 12.0. The molecule has 0 aromatic heterocycles. The van der Waals surface area contributed by atoms with Gasteiger partial charge in [0.2, 0.25) is 0 Å². The molecule has 142 valence electrons. The second kappa shape index (κ2) is 7.77. The number of hydrogen-bond acceptors (Lipinski definition) is 5. The molecule has 0 aliphatic heterocycles. The maximum Gasteiger partial charge on any atom is 0.264 e. The highest BCUT2D eigenvalue weighted by Gasteiger charge is 2.27. The lowest BCUT2D eigenvalue weighted by molar-refractivity contribution is 0.419. The summed E-state index contributed by atoms with van der Waals surface area (Å²) in [4.78, 5) is 1.89. The molecule has 0 saturated carbocycles. The Labute approximate surface area is 156 Å². The van der Waals surface area contributed by atoms with Crippen molar-refractivity contribution in [3.05, 3.63) is 54.1 Å². The molecule has 0 aliphatic carbocycles. The lowest BCUT2D eigenvalue weighted by atomic mass is 10.2. The van der Waals surface area contributed by atoms with Gasteiger partial charge in [-0.3, -0.25) is 4.31 Å². The van der Waals surface area contributed by atoms with Gasteiger partial charge in [-0.05, 0) is 50.8 Å². The van der Waals surface area contributed by atoms with Crippen LogP contribution in [0.2, 0.25) is 0 Å². The molecule has 0 unspecified atom stereocenters. The van der Waals surface area contributed by atoms with E-state index in [1.807, 2.05) is 25.1 Å². The van der Waals surface area contributed by atoms with Gasteiger partial charge in [0.05, 0.1) is 15.5 Å². The number of sulfonamides is 1. The molecule has 0 atom stereocenters. The number of aryl methyl sites for hydroxylation is 1. The molecule has 0 heterocycles. The van der Waals surface area contributed by atoms with Crippen molar-refractivity contribution in [1.29, 1.82) is 0 Å². The maximum absolute atomic E-state index is 13.4. The van der Waals surface area contributed by atoms with E-state index in [0.29, 0.717) is 17.8 Å². The molecular formula is C18H24N2O4S2. The van der Waals surface area contributed by atoms with Gasteiger partial charge in [0.25, 0.3) is 10.0 Å². The van der Waals surface area contributed by atoms with E-state index >= 15 is 0 Å². The highest BCUT2D eigenvalue weighted by atomic mass is 32.2. The van der Waals surface area contributed by atoms with Gasteiger partial charge >= 0.3 is 0 Å². The largest absolute Gasteiger partial charge is 0.308 e. The van der Waals surface area contributed by atoms with Crippen molar-refractivity contribution in [2.75, 3.05) is 37.7 Å². The minimum Gasteiger partial charge on any atom is -0.308 e. The number of para-hydroxylation sites is 1. The summed E-state index contributed by atoms with van der Waals surface area (Å²) in [5.41, 5.74) is 1.04. The summed E-state index contributed by atoms with van der Waals surface area (Å²) in [6.45, 7) is 2.44. The van der Waals surface area contributed by atoms with Gasteiger partial charge in [-0.15, -0.1) is 0 Å². The van der Waals surface area contributed by atoms with E-state index in [-0.39, 0.29) is 16.3 Å². The number of likely N-dealkylation sites (N-methyl/N-ethyl adjacent to an activating group) is 1. The highest BCUT2D eigenvalue weighted by molar-refractivity contribution is 7.93. The van der Waals surface area contributed by atoms with E-state index in [2.05, 4.69) is 0 Å². The third kappa shape index (κ3) is 4.63. The lowest BCUT2D eigenvalue weighted by Crippen LogP contribution is -2.37. The summed E-state index contributed by atoms with van der Waals surface area (Å²) in [5, 5.41) is 0. The van der Waals surface area contributed by atoms with E-state index in [1.54, 1.807) is 31.2 Å². The zero-order valence-electron chi connectivity index (χ0n) is 15.4. The van der Waals surface area contributed by atoms with Gasteiger partial charge in [0.15, 0.2) is 9.84 Å². The van der Waals surface area contributed by atoms with Crippen molar-refractivity contribution in [2.24, 2.45) is 0 Å². The van der Waals surface area contributed by atoms with Crippen LogP contribution in [-0.2, 0) is 19.9 Å². The van der Waals surface area contributed by atoms with Crippen molar-refractivity contribution in [3.8, 4) is 0 Å². The molecule has 2 aromatic carbocycles. The fourth-order valence-corrected chi connectivity index (χ4v) is 4.91. The Bertz CT molecular complexity index is 970. The first-order valence-corrected chi connectivity index (χ1v) is 11.4. The Kier molecular flexibility index (Phi) is 6.10. The summed E-state index contributed by atoms with van der Waals surface area (Å²) in [5.74, 6) is 0. The zero-order chi connectivity index (χ0) is 19.5. The number of hydrogen-bond donors (Lipinski definition) is 0. The molecule has 6 nitrogen and oxygen atoms in total. The summed E-state index contributed by atoms with van der Waals surface area (Å²) in [6, 6.07) is 13.0. The van der Waals surface area contributed by atoms with E-state index in [4.69, 9.17) is 0 Å². The van der Waals surface area contributed by atoms with Gasteiger partial charge in [-0.1, -0.05) is 24.3 Å². The van der Waals surface area contributed by atoms with Gasteiger partial charge in [-0.2, -0.15) is 0 Å². The summed E-state index contributed by atoms with van der Waals surface area (Å²) in [7, 11) is -3.70. The fourth-order valence-electron chi connectivity index (χ4n) is 2.48. The third-order valence-corrected chi connectivity index (χ3v) is 7.03. The number of nitrogens with zero attached hydrogens (tertiary/aromatic N) is 2.